The topological polar surface area (TPSA) is 69.6 Å². The zero-order valence-electron chi connectivity index (χ0n) is 11.2. The van der Waals surface area contributed by atoms with Gasteiger partial charge in [-0.3, -0.25) is 4.79 Å². The van der Waals surface area contributed by atoms with E-state index < -0.39 is 11.9 Å². The highest BCUT2D eigenvalue weighted by Gasteiger charge is 2.36. The molecule has 1 aliphatic heterocycles. The fourth-order valence-electron chi connectivity index (χ4n) is 2.35. The number of nitrogens with zero attached hydrogens (tertiary/aromatic N) is 1. The first-order valence-corrected chi connectivity index (χ1v) is 6.85. The minimum atomic E-state index is -0.842. The van der Waals surface area contributed by atoms with E-state index in [2.05, 4.69) is 5.32 Å². The van der Waals surface area contributed by atoms with E-state index in [4.69, 9.17) is 16.7 Å². The van der Waals surface area contributed by atoms with Crippen LogP contribution in [0.25, 0.3) is 0 Å². The Balaban J connectivity index is 1.87. The summed E-state index contributed by atoms with van der Waals surface area (Å²) in [5.74, 6) is -1.34. The first-order chi connectivity index (χ1) is 9.47. The van der Waals surface area contributed by atoms with E-state index in [-0.39, 0.29) is 18.5 Å². The molecule has 0 aliphatic carbocycles. The van der Waals surface area contributed by atoms with Gasteiger partial charge in [0.15, 0.2) is 0 Å². The van der Waals surface area contributed by atoms with Crippen molar-refractivity contribution in [1.29, 1.82) is 0 Å². The Morgan fingerprint density at radius 2 is 2.00 bits per heavy atom. The Kier molecular flexibility index (Phi) is 4.49. The summed E-state index contributed by atoms with van der Waals surface area (Å²) in [6, 6.07) is 6.99. The van der Waals surface area contributed by atoms with Crippen LogP contribution < -0.4 is 5.32 Å². The number of carboxylic acid groups (broad SMARTS) is 1. The van der Waals surface area contributed by atoms with Gasteiger partial charge in [0.25, 0.3) is 0 Å². The quantitative estimate of drug-likeness (QED) is 0.898. The minimum Gasteiger partial charge on any atom is -0.481 e. The third kappa shape index (κ3) is 3.42. The number of benzene rings is 1. The summed E-state index contributed by atoms with van der Waals surface area (Å²) in [5.41, 5.74) is 0.949. The predicted molar refractivity (Wildman–Crippen MR) is 75.6 cm³/mol. The fourth-order valence-corrected chi connectivity index (χ4v) is 2.47. The van der Waals surface area contributed by atoms with Gasteiger partial charge in [0.2, 0.25) is 0 Å². The van der Waals surface area contributed by atoms with Gasteiger partial charge in [-0.25, -0.2) is 4.79 Å². The summed E-state index contributed by atoms with van der Waals surface area (Å²) >= 11 is 5.79. The number of aliphatic carboxylic acids is 1. The summed E-state index contributed by atoms with van der Waals surface area (Å²) in [5, 5.41) is 12.5. The Morgan fingerprint density at radius 3 is 2.55 bits per heavy atom. The molecule has 0 aromatic heterocycles. The van der Waals surface area contributed by atoms with Gasteiger partial charge in [-0.05, 0) is 23.6 Å². The third-order valence-electron chi connectivity index (χ3n) is 3.57. The number of rotatable bonds is 3. The van der Waals surface area contributed by atoms with Crippen molar-refractivity contribution in [1.82, 2.24) is 10.2 Å². The van der Waals surface area contributed by atoms with E-state index in [1.807, 2.05) is 19.1 Å². The van der Waals surface area contributed by atoms with Crippen LogP contribution >= 0.6 is 11.6 Å². The maximum Gasteiger partial charge on any atom is 0.317 e. The zero-order valence-corrected chi connectivity index (χ0v) is 11.9. The van der Waals surface area contributed by atoms with Crippen molar-refractivity contribution < 1.29 is 14.7 Å². The first-order valence-electron chi connectivity index (χ1n) is 6.47. The minimum absolute atomic E-state index is 0.0196. The molecule has 1 aromatic rings. The van der Waals surface area contributed by atoms with Crippen molar-refractivity contribution in [3.63, 3.8) is 0 Å². The molecule has 6 heteroatoms. The number of carboxylic acids is 1. The van der Waals surface area contributed by atoms with Crippen molar-refractivity contribution in [2.75, 3.05) is 13.1 Å². The summed E-state index contributed by atoms with van der Waals surface area (Å²) in [4.78, 5) is 24.6. The molecule has 1 fully saturated rings. The van der Waals surface area contributed by atoms with E-state index >= 15 is 0 Å². The lowest BCUT2D eigenvalue weighted by atomic mass is 9.99. The number of urea groups is 1. The molecular formula is C14H17ClN2O3. The highest BCUT2D eigenvalue weighted by Crippen LogP contribution is 2.23. The predicted octanol–water partition coefficient (Wildman–Crippen LogP) is 2.20. The smallest absolute Gasteiger partial charge is 0.317 e. The second-order valence-electron chi connectivity index (χ2n) is 5.11. The Labute approximate surface area is 122 Å². The number of likely N-dealkylation sites (tertiary alicyclic amines) is 1. The zero-order chi connectivity index (χ0) is 14.7. The largest absolute Gasteiger partial charge is 0.481 e. The van der Waals surface area contributed by atoms with Crippen molar-refractivity contribution in [3.05, 3.63) is 34.9 Å². The number of hydrogen-bond acceptors (Lipinski definition) is 2. The molecule has 1 saturated heterocycles. The fraction of sp³-hybridized carbons (Fsp3) is 0.429. The van der Waals surface area contributed by atoms with Gasteiger partial charge >= 0.3 is 12.0 Å². The number of carbonyl (C=O) groups excluding carboxylic acids is 1. The van der Waals surface area contributed by atoms with Gasteiger partial charge in [0.1, 0.15) is 0 Å². The third-order valence-corrected chi connectivity index (χ3v) is 3.83. The lowest BCUT2D eigenvalue weighted by Gasteiger charge is -2.16. The van der Waals surface area contributed by atoms with Crippen LogP contribution in [0.3, 0.4) is 0 Å². The molecule has 1 aromatic carbocycles. The van der Waals surface area contributed by atoms with Crippen molar-refractivity contribution in [3.8, 4) is 0 Å². The van der Waals surface area contributed by atoms with E-state index in [0.29, 0.717) is 18.1 Å². The van der Waals surface area contributed by atoms with Crippen LogP contribution in [0.1, 0.15) is 12.5 Å². The molecule has 0 unspecified atom stereocenters. The lowest BCUT2D eigenvalue weighted by Crippen LogP contribution is -2.38. The van der Waals surface area contributed by atoms with Gasteiger partial charge in [-0.2, -0.15) is 0 Å². The molecule has 2 amide bonds. The molecule has 108 valence electrons. The van der Waals surface area contributed by atoms with Gasteiger partial charge in [0, 0.05) is 24.7 Å². The Bertz CT molecular complexity index is 504. The average molecular weight is 297 g/mol. The van der Waals surface area contributed by atoms with Crippen LogP contribution in [0.15, 0.2) is 24.3 Å². The number of amides is 2. The Hall–Kier alpha value is -1.75. The van der Waals surface area contributed by atoms with E-state index in [9.17, 15) is 9.59 Å². The van der Waals surface area contributed by atoms with Crippen LogP contribution in [0.2, 0.25) is 5.02 Å². The maximum atomic E-state index is 12.0. The van der Waals surface area contributed by atoms with Crippen LogP contribution in [-0.4, -0.2) is 35.1 Å². The molecule has 1 aliphatic rings. The average Bonchev–Trinajstić information content (AvgIpc) is 2.80. The number of nitrogens with one attached hydrogen (secondary N) is 1. The first kappa shape index (κ1) is 14.7. The van der Waals surface area contributed by atoms with Gasteiger partial charge < -0.3 is 15.3 Å². The standard InChI is InChI=1S/C14H17ClN2O3/c1-9-7-17(8-12(9)13(18)19)14(20)16-6-10-2-4-11(15)5-3-10/h2-5,9,12H,6-8H2,1H3,(H,16,20)(H,18,19)/t9-,12-/m1/s1. The molecule has 0 spiro atoms. The molecule has 2 rings (SSSR count). The molecule has 2 atom stereocenters. The summed E-state index contributed by atoms with van der Waals surface area (Å²) < 4.78 is 0. The summed E-state index contributed by atoms with van der Waals surface area (Å²) in [6.07, 6.45) is 0. The molecular weight excluding hydrogens is 280 g/mol. The van der Waals surface area contributed by atoms with Crippen molar-refractivity contribution in [2.24, 2.45) is 11.8 Å². The molecule has 0 saturated carbocycles. The molecule has 2 N–H and O–H groups in total. The van der Waals surface area contributed by atoms with Crippen LogP contribution in [-0.2, 0) is 11.3 Å². The van der Waals surface area contributed by atoms with Crippen LogP contribution in [0.4, 0.5) is 4.79 Å². The van der Waals surface area contributed by atoms with E-state index in [0.717, 1.165) is 5.56 Å². The van der Waals surface area contributed by atoms with Crippen LogP contribution in [0.5, 0.6) is 0 Å². The second kappa shape index (κ2) is 6.13. The van der Waals surface area contributed by atoms with Crippen molar-refractivity contribution >= 4 is 23.6 Å². The molecule has 1 heterocycles. The van der Waals surface area contributed by atoms with Crippen LogP contribution in [0, 0.1) is 11.8 Å². The van der Waals surface area contributed by atoms with Gasteiger partial charge in [0.05, 0.1) is 5.92 Å². The SMILES string of the molecule is C[C@@H]1CN(C(=O)NCc2ccc(Cl)cc2)C[C@H]1C(=O)O. The Morgan fingerprint density at radius 1 is 1.35 bits per heavy atom. The highest BCUT2D eigenvalue weighted by atomic mass is 35.5. The summed E-state index contributed by atoms with van der Waals surface area (Å²) in [6.45, 7) is 3.00. The molecule has 0 radical (unpaired) electrons. The second-order valence-corrected chi connectivity index (χ2v) is 5.55. The van der Waals surface area contributed by atoms with Gasteiger partial charge in [-0.1, -0.05) is 30.7 Å². The van der Waals surface area contributed by atoms with Crippen molar-refractivity contribution in [2.45, 2.75) is 13.5 Å². The van der Waals surface area contributed by atoms with E-state index in [1.54, 1.807) is 17.0 Å². The van der Waals surface area contributed by atoms with E-state index in [1.165, 1.54) is 0 Å². The number of halogens is 1. The number of hydrogen-bond donors (Lipinski definition) is 2. The molecule has 0 bridgehead atoms. The lowest BCUT2D eigenvalue weighted by molar-refractivity contribution is -0.142. The van der Waals surface area contributed by atoms with Gasteiger partial charge in [-0.15, -0.1) is 0 Å². The monoisotopic (exact) mass is 296 g/mol. The normalized spacial score (nSPS) is 21.8. The summed E-state index contributed by atoms with van der Waals surface area (Å²) in [7, 11) is 0. The number of carbonyl (C=O) groups is 2. The highest BCUT2D eigenvalue weighted by molar-refractivity contribution is 6.30. The maximum absolute atomic E-state index is 12.0. The molecule has 5 nitrogen and oxygen atoms in total. The molecule has 20 heavy (non-hydrogen) atoms.